The quantitative estimate of drug-likeness (QED) is 0.587. The summed E-state index contributed by atoms with van der Waals surface area (Å²) in [6, 6.07) is 18.8. The van der Waals surface area contributed by atoms with Crippen LogP contribution in [0.25, 0.3) is 0 Å². The molecule has 0 unspecified atom stereocenters. The summed E-state index contributed by atoms with van der Waals surface area (Å²) in [6.07, 6.45) is 1.84. The van der Waals surface area contributed by atoms with E-state index in [2.05, 4.69) is 11.1 Å². The second-order valence-corrected chi connectivity index (χ2v) is 7.41. The Morgan fingerprint density at radius 2 is 1.68 bits per heavy atom. The van der Waals surface area contributed by atoms with E-state index in [-0.39, 0.29) is 5.75 Å². The van der Waals surface area contributed by atoms with Gasteiger partial charge in [-0.1, -0.05) is 23.4 Å². The maximum absolute atomic E-state index is 9.24. The van der Waals surface area contributed by atoms with Crippen molar-refractivity contribution in [1.29, 1.82) is 0 Å². The van der Waals surface area contributed by atoms with Gasteiger partial charge >= 0.3 is 0 Å². The van der Waals surface area contributed by atoms with Gasteiger partial charge in [-0.25, -0.2) is 0 Å². The first kappa shape index (κ1) is 15.2. The van der Waals surface area contributed by atoms with Crippen molar-refractivity contribution < 1.29 is 5.11 Å². The van der Waals surface area contributed by atoms with Crippen LogP contribution in [0, 0.1) is 0 Å². The van der Waals surface area contributed by atoms with Gasteiger partial charge in [0.05, 0.1) is 9.90 Å². The van der Waals surface area contributed by atoms with Crippen molar-refractivity contribution in [3.05, 3.63) is 70.6 Å². The maximum atomic E-state index is 9.24. The molecular formula is C17H12ClNOS2. The molecule has 0 aliphatic heterocycles. The highest BCUT2D eigenvalue weighted by Crippen LogP contribution is 2.33. The molecule has 3 aromatic rings. The molecule has 0 fully saturated rings. The number of halogens is 1. The molecule has 2 nitrogen and oxygen atoms in total. The summed E-state index contributed by atoms with van der Waals surface area (Å²) in [7, 11) is 0. The molecule has 0 saturated heterocycles. The largest absolute Gasteiger partial charge is 0.508 e. The molecule has 0 radical (unpaired) electrons. The Hall–Kier alpha value is -1.75. The van der Waals surface area contributed by atoms with Gasteiger partial charge < -0.3 is 5.11 Å². The van der Waals surface area contributed by atoms with Crippen LogP contribution in [-0.4, -0.2) is 11.3 Å². The van der Waals surface area contributed by atoms with Gasteiger partial charge in [-0.3, -0.25) is 4.99 Å². The summed E-state index contributed by atoms with van der Waals surface area (Å²) >= 11 is 9.28. The standard InChI is InChI=1S/C17H12ClNOS2/c18-12-1-7-15(8-2-12)21-17-10-9-16(22-17)11-19-13-3-5-14(20)6-4-13/h1-11,20H. The van der Waals surface area contributed by atoms with Crippen LogP contribution in [0.4, 0.5) is 5.69 Å². The van der Waals surface area contributed by atoms with Gasteiger partial charge in [0.1, 0.15) is 5.75 Å². The number of nitrogens with zero attached hydrogens (tertiary/aromatic N) is 1. The van der Waals surface area contributed by atoms with Gasteiger partial charge in [0.25, 0.3) is 0 Å². The molecule has 0 bridgehead atoms. The molecule has 110 valence electrons. The van der Waals surface area contributed by atoms with Crippen molar-refractivity contribution >= 4 is 46.6 Å². The van der Waals surface area contributed by atoms with Gasteiger partial charge in [-0.15, -0.1) is 11.3 Å². The van der Waals surface area contributed by atoms with E-state index in [1.165, 1.54) is 4.21 Å². The number of aliphatic imine (C=N–C) groups is 1. The fraction of sp³-hybridized carbons (Fsp3) is 0. The Morgan fingerprint density at radius 3 is 2.41 bits per heavy atom. The lowest BCUT2D eigenvalue weighted by molar-refractivity contribution is 0.475. The predicted octanol–water partition coefficient (Wildman–Crippen LogP) is 6.01. The third-order valence-electron chi connectivity index (χ3n) is 2.82. The van der Waals surface area contributed by atoms with Crippen molar-refractivity contribution in [2.45, 2.75) is 9.10 Å². The van der Waals surface area contributed by atoms with Crippen LogP contribution in [0.2, 0.25) is 5.02 Å². The van der Waals surface area contributed by atoms with E-state index in [1.54, 1.807) is 47.4 Å². The number of benzene rings is 2. The number of phenols is 1. The first-order chi connectivity index (χ1) is 10.7. The zero-order valence-electron chi connectivity index (χ0n) is 11.4. The van der Waals surface area contributed by atoms with E-state index >= 15 is 0 Å². The lowest BCUT2D eigenvalue weighted by Crippen LogP contribution is -1.71. The SMILES string of the molecule is Oc1ccc(N=Cc2ccc(Sc3ccc(Cl)cc3)s2)cc1. The van der Waals surface area contributed by atoms with Gasteiger partial charge in [0.2, 0.25) is 0 Å². The summed E-state index contributed by atoms with van der Waals surface area (Å²) in [5.74, 6) is 0.247. The lowest BCUT2D eigenvalue weighted by Gasteiger charge is -1.97. The molecule has 0 aliphatic rings. The second kappa shape index (κ2) is 7.01. The second-order valence-electron chi connectivity index (χ2n) is 4.49. The Labute approximate surface area is 142 Å². The van der Waals surface area contributed by atoms with Gasteiger partial charge in [0, 0.05) is 21.0 Å². The van der Waals surface area contributed by atoms with Crippen molar-refractivity contribution in [3.8, 4) is 5.75 Å². The maximum Gasteiger partial charge on any atom is 0.115 e. The molecule has 5 heteroatoms. The molecular weight excluding hydrogens is 334 g/mol. The Morgan fingerprint density at radius 1 is 0.955 bits per heavy atom. The highest BCUT2D eigenvalue weighted by molar-refractivity contribution is 8.01. The highest BCUT2D eigenvalue weighted by atomic mass is 35.5. The van der Waals surface area contributed by atoms with E-state index < -0.39 is 0 Å². The summed E-state index contributed by atoms with van der Waals surface area (Å²) < 4.78 is 1.20. The molecule has 3 rings (SSSR count). The zero-order chi connectivity index (χ0) is 15.4. The van der Waals surface area contributed by atoms with Gasteiger partial charge in [-0.05, 0) is 60.7 Å². The minimum atomic E-state index is 0.247. The first-order valence-corrected chi connectivity index (χ1v) is 8.56. The topological polar surface area (TPSA) is 32.6 Å². The van der Waals surface area contributed by atoms with Crippen LogP contribution in [0.1, 0.15) is 4.88 Å². The van der Waals surface area contributed by atoms with E-state index in [9.17, 15) is 5.11 Å². The molecule has 1 aromatic heterocycles. The van der Waals surface area contributed by atoms with E-state index in [0.717, 1.165) is 20.5 Å². The molecule has 0 amide bonds. The molecule has 2 aromatic carbocycles. The van der Waals surface area contributed by atoms with E-state index in [0.29, 0.717) is 0 Å². The van der Waals surface area contributed by atoms with Crippen LogP contribution >= 0.6 is 34.7 Å². The molecule has 1 heterocycles. The Balaban J connectivity index is 1.68. The number of rotatable bonds is 4. The zero-order valence-corrected chi connectivity index (χ0v) is 13.8. The molecule has 22 heavy (non-hydrogen) atoms. The van der Waals surface area contributed by atoms with E-state index in [1.807, 2.05) is 36.5 Å². The summed E-state index contributed by atoms with van der Waals surface area (Å²) in [4.78, 5) is 6.65. The average Bonchev–Trinajstić information content (AvgIpc) is 2.97. The summed E-state index contributed by atoms with van der Waals surface area (Å²) in [5, 5.41) is 9.99. The third-order valence-corrected chi connectivity index (χ3v) is 5.24. The molecule has 1 N–H and O–H groups in total. The number of hydrogen-bond donors (Lipinski definition) is 1. The fourth-order valence-corrected chi connectivity index (χ4v) is 3.87. The number of aromatic hydroxyl groups is 1. The van der Waals surface area contributed by atoms with Crippen molar-refractivity contribution in [1.82, 2.24) is 0 Å². The van der Waals surface area contributed by atoms with Crippen molar-refractivity contribution in [2.24, 2.45) is 4.99 Å². The summed E-state index contributed by atoms with van der Waals surface area (Å²) in [5.41, 5.74) is 0.818. The van der Waals surface area contributed by atoms with Crippen molar-refractivity contribution in [3.63, 3.8) is 0 Å². The highest BCUT2D eigenvalue weighted by Gasteiger charge is 2.01. The fourth-order valence-electron chi connectivity index (χ4n) is 1.75. The van der Waals surface area contributed by atoms with Crippen molar-refractivity contribution in [2.75, 3.05) is 0 Å². The molecule has 0 aliphatic carbocycles. The number of thiophene rings is 1. The minimum absolute atomic E-state index is 0.247. The number of hydrogen-bond acceptors (Lipinski definition) is 4. The smallest absolute Gasteiger partial charge is 0.115 e. The first-order valence-electron chi connectivity index (χ1n) is 6.55. The lowest BCUT2D eigenvalue weighted by atomic mass is 10.3. The summed E-state index contributed by atoms with van der Waals surface area (Å²) in [6.45, 7) is 0. The number of phenolic OH excluding ortho intramolecular Hbond substituents is 1. The average molecular weight is 346 g/mol. The van der Waals surface area contributed by atoms with Gasteiger partial charge in [0.15, 0.2) is 0 Å². The molecule has 0 saturated carbocycles. The van der Waals surface area contributed by atoms with Crippen LogP contribution < -0.4 is 0 Å². The minimum Gasteiger partial charge on any atom is -0.508 e. The van der Waals surface area contributed by atoms with Crippen LogP contribution in [0.15, 0.2) is 74.8 Å². The molecule has 0 spiro atoms. The Bertz CT molecular complexity index is 779. The van der Waals surface area contributed by atoms with Crippen LogP contribution in [0.5, 0.6) is 5.75 Å². The Kier molecular flexibility index (Phi) is 4.83. The monoisotopic (exact) mass is 345 g/mol. The molecule has 0 atom stereocenters. The van der Waals surface area contributed by atoms with E-state index in [4.69, 9.17) is 11.6 Å². The van der Waals surface area contributed by atoms with Gasteiger partial charge in [-0.2, -0.15) is 0 Å². The van der Waals surface area contributed by atoms with Crippen LogP contribution in [-0.2, 0) is 0 Å². The third kappa shape index (κ3) is 4.13. The predicted molar refractivity (Wildman–Crippen MR) is 95.3 cm³/mol. The van der Waals surface area contributed by atoms with Crippen LogP contribution in [0.3, 0.4) is 0 Å². The normalized spacial score (nSPS) is 11.1.